The van der Waals surface area contributed by atoms with Crippen LogP contribution in [0.2, 0.25) is 0 Å². The Bertz CT molecular complexity index is 1300. The Balaban J connectivity index is 1.52. The van der Waals surface area contributed by atoms with E-state index in [0.29, 0.717) is 36.9 Å². The van der Waals surface area contributed by atoms with Gasteiger partial charge in [-0.05, 0) is 64.2 Å². The van der Waals surface area contributed by atoms with E-state index in [2.05, 4.69) is 34.1 Å². The molecule has 0 spiro atoms. The summed E-state index contributed by atoms with van der Waals surface area (Å²) in [5.41, 5.74) is 2.06. The smallest absolute Gasteiger partial charge is 0.410 e. The van der Waals surface area contributed by atoms with Crippen molar-refractivity contribution in [3.63, 3.8) is 0 Å². The van der Waals surface area contributed by atoms with Crippen molar-refractivity contribution >= 4 is 22.9 Å². The van der Waals surface area contributed by atoms with Gasteiger partial charge in [0.05, 0.1) is 17.0 Å². The molecule has 1 saturated carbocycles. The summed E-state index contributed by atoms with van der Waals surface area (Å²) in [6, 6.07) is 5.75. The van der Waals surface area contributed by atoms with Gasteiger partial charge in [-0.2, -0.15) is 5.26 Å². The number of pyridine rings is 1. The van der Waals surface area contributed by atoms with E-state index in [1.165, 1.54) is 12.0 Å². The molecule has 9 heteroatoms. The van der Waals surface area contributed by atoms with Crippen LogP contribution in [-0.4, -0.2) is 61.8 Å². The van der Waals surface area contributed by atoms with Crippen molar-refractivity contribution in [2.45, 2.75) is 64.5 Å². The molecule has 9 nitrogen and oxygen atoms in total. The molecule has 35 heavy (non-hydrogen) atoms. The predicted molar refractivity (Wildman–Crippen MR) is 133 cm³/mol. The van der Waals surface area contributed by atoms with Gasteiger partial charge in [0.25, 0.3) is 0 Å². The molecule has 2 aliphatic rings. The summed E-state index contributed by atoms with van der Waals surface area (Å²) < 4.78 is 7.57. The third-order valence-electron chi connectivity index (χ3n) is 6.81. The van der Waals surface area contributed by atoms with Crippen molar-refractivity contribution in [3.05, 3.63) is 42.0 Å². The van der Waals surface area contributed by atoms with E-state index >= 15 is 0 Å². The highest BCUT2D eigenvalue weighted by Crippen LogP contribution is 2.43. The average molecular weight is 474 g/mol. The number of amides is 1. The Kier molecular flexibility index (Phi) is 5.83. The number of hydrogen-bond acceptors (Lipinski definition) is 7. The van der Waals surface area contributed by atoms with Crippen LogP contribution in [0.15, 0.2) is 30.9 Å². The summed E-state index contributed by atoms with van der Waals surface area (Å²) in [5, 5.41) is 10.4. The molecule has 1 atom stereocenters. The van der Waals surface area contributed by atoms with Crippen LogP contribution < -0.4 is 4.90 Å². The van der Waals surface area contributed by atoms with Crippen LogP contribution in [0.5, 0.6) is 0 Å². The highest BCUT2D eigenvalue weighted by molar-refractivity contribution is 5.93. The Morgan fingerprint density at radius 1 is 1.20 bits per heavy atom. The van der Waals surface area contributed by atoms with Gasteiger partial charge >= 0.3 is 6.09 Å². The number of nitriles is 1. The number of hydrogen-bond donors (Lipinski definition) is 0. The van der Waals surface area contributed by atoms with Gasteiger partial charge in [-0.1, -0.05) is 6.42 Å². The average Bonchev–Trinajstić information content (AvgIpc) is 3.16. The number of rotatable bonds is 3. The molecular formula is C26H31N7O2. The van der Waals surface area contributed by atoms with Crippen molar-refractivity contribution in [1.82, 2.24) is 24.4 Å². The molecule has 1 aliphatic carbocycles. The van der Waals surface area contributed by atoms with E-state index in [0.717, 1.165) is 29.7 Å². The molecule has 0 bridgehead atoms. The first kappa shape index (κ1) is 23.1. The monoisotopic (exact) mass is 473 g/mol. The Morgan fingerprint density at radius 3 is 2.66 bits per heavy atom. The largest absolute Gasteiger partial charge is 0.444 e. The lowest BCUT2D eigenvalue weighted by Gasteiger charge is -2.41. The zero-order valence-corrected chi connectivity index (χ0v) is 20.7. The van der Waals surface area contributed by atoms with Crippen LogP contribution in [0.1, 0.15) is 64.0 Å². The Morgan fingerprint density at radius 2 is 2.00 bits per heavy atom. The number of carbonyl (C=O) groups excluding carboxylic acids is 1. The number of nitrogens with zero attached hydrogens (tertiary/aromatic N) is 7. The van der Waals surface area contributed by atoms with Gasteiger partial charge in [0.2, 0.25) is 0 Å². The third-order valence-corrected chi connectivity index (χ3v) is 6.81. The van der Waals surface area contributed by atoms with Crippen molar-refractivity contribution in [1.29, 1.82) is 5.26 Å². The number of ether oxygens (including phenoxy) is 1. The van der Waals surface area contributed by atoms with Crippen LogP contribution >= 0.6 is 0 Å². The second kappa shape index (κ2) is 8.84. The first-order valence-corrected chi connectivity index (χ1v) is 12.2. The van der Waals surface area contributed by atoms with Gasteiger partial charge in [0.1, 0.15) is 23.6 Å². The van der Waals surface area contributed by atoms with Gasteiger partial charge in [-0.25, -0.2) is 19.7 Å². The standard InChI is InChI=1S/C26H31N7O2/c1-17-14-31(25(34)35-26(2,3)4)10-11-32(17)23-22-20(19-6-5-7-19)15-33(24(22)30-16-29-23)21-12-18(13-27)8-9-28-21/h8-9,12,15-17,19H,5-7,10-11,14H2,1-4H3. The maximum absolute atomic E-state index is 12.6. The minimum absolute atomic E-state index is 0.0620. The quantitative estimate of drug-likeness (QED) is 0.556. The minimum atomic E-state index is -0.520. The number of piperazine rings is 1. The first-order chi connectivity index (χ1) is 16.7. The second-order valence-electron chi connectivity index (χ2n) is 10.5. The molecule has 1 unspecified atom stereocenters. The summed E-state index contributed by atoms with van der Waals surface area (Å²) in [5.74, 6) is 2.02. The molecule has 0 aromatic carbocycles. The molecular weight excluding hydrogens is 442 g/mol. The minimum Gasteiger partial charge on any atom is -0.444 e. The molecule has 4 heterocycles. The van der Waals surface area contributed by atoms with E-state index in [-0.39, 0.29) is 12.1 Å². The summed E-state index contributed by atoms with van der Waals surface area (Å²) in [6.45, 7) is 9.55. The predicted octanol–water partition coefficient (Wildman–Crippen LogP) is 4.40. The van der Waals surface area contributed by atoms with Gasteiger partial charge in [-0.15, -0.1) is 0 Å². The number of aromatic nitrogens is 4. The van der Waals surface area contributed by atoms with Gasteiger partial charge in [0.15, 0.2) is 5.65 Å². The van der Waals surface area contributed by atoms with E-state index in [1.807, 2.05) is 25.3 Å². The molecule has 1 saturated heterocycles. The first-order valence-electron chi connectivity index (χ1n) is 12.2. The molecule has 3 aromatic rings. The van der Waals surface area contributed by atoms with Crippen molar-refractivity contribution in [3.8, 4) is 11.9 Å². The van der Waals surface area contributed by atoms with Crippen molar-refractivity contribution in [2.24, 2.45) is 0 Å². The van der Waals surface area contributed by atoms with E-state index in [4.69, 9.17) is 9.72 Å². The SMILES string of the molecule is CC1CN(C(=O)OC(C)(C)C)CCN1c1ncnc2c1c(C1CCC1)cn2-c1cc(C#N)ccn1. The van der Waals surface area contributed by atoms with Gasteiger partial charge in [0, 0.05) is 38.1 Å². The molecule has 182 valence electrons. The van der Waals surface area contributed by atoms with E-state index < -0.39 is 5.60 Å². The molecule has 0 N–H and O–H groups in total. The molecule has 5 rings (SSSR count). The fraction of sp³-hybridized carbons (Fsp3) is 0.500. The molecule has 1 amide bonds. The lowest BCUT2D eigenvalue weighted by Crippen LogP contribution is -2.54. The van der Waals surface area contributed by atoms with Crippen molar-refractivity contribution < 1.29 is 9.53 Å². The number of fused-ring (bicyclic) bond motifs is 1. The summed E-state index contributed by atoms with van der Waals surface area (Å²) in [6.07, 6.45) is 8.59. The fourth-order valence-corrected chi connectivity index (χ4v) is 4.88. The van der Waals surface area contributed by atoms with Crippen LogP contribution in [-0.2, 0) is 4.74 Å². The van der Waals surface area contributed by atoms with Gasteiger partial charge in [-0.3, -0.25) is 4.57 Å². The lowest BCUT2D eigenvalue weighted by molar-refractivity contribution is 0.0218. The van der Waals surface area contributed by atoms with Crippen LogP contribution in [0, 0.1) is 11.3 Å². The van der Waals surface area contributed by atoms with Crippen LogP contribution in [0.3, 0.4) is 0 Å². The number of carbonyl (C=O) groups is 1. The highest BCUT2D eigenvalue weighted by Gasteiger charge is 2.33. The molecule has 1 aliphatic heterocycles. The maximum atomic E-state index is 12.6. The third kappa shape index (κ3) is 4.41. The zero-order valence-electron chi connectivity index (χ0n) is 20.7. The summed E-state index contributed by atoms with van der Waals surface area (Å²) in [7, 11) is 0. The fourth-order valence-electron chi connectivity index (χ4n) is 4.88. The van der Waals surface area contributed by atoms with E-state index in [1.54, 1.807) is 29.6 Å². The Hall–Kier alpha value is -3.67. The summed E-state index contributed by atoms with van der Waals surface area (Å²) in [4.78, 5) is 30.6. The lowest BCUT2D eigenvalue weighted by atomic mass is 9.80. The van der Waals surface area contributed by atoms with E-state index in [9.17, 15) is 10.1 Å². The molecule has 0 radical (unpaired) electrons. The number of anilines is 1. The zero-order chi connectivity index (χ0) is 24.7. The maximum Gasteiger partial charge on any atom is 0.410 e. The highest BCUT2D eigenvalue weighted by atomic mass is 16.6. The normalized spacial score (nSPS) is 18.9. The molecule has 3 aromatic heterocycles. The molecule has 2 fully saturated rings. The van der Waals surface area contributed by atoms with Crippen LogP contribution in [0.25, 0.3) is 16.9 Å². The van der Waals surface area contributed by atoms with Crippen molar-refractivity contribution in [2.75, 3.05) is 24.5 Å². The Labute approximate surface area is 205 Å². The second-order valence-corrected chi connectivity index (χ2v) is 10.5. The topological polar surface area (TPSA) is 100 Å². The van der Waals surface area contributed by atoms with Crippen LogP contribution in [0.4, 0.5) is 10.6 Å². The van der Waals surface area contributed by atoms with Gasteiger partial charge < -0.3 is 14.5 Å². The summed E-state index contributed by atoms with van der Waals surface area (Å²) >= 11 is 0.